The Morgan fingerprint density at radius 1 is 1.33 bits per heavy atom. The van der Waals surface area contributed by atoms with Gasteiger partial charge in [-0.15, -0.1) is 0 Å². The van der Waals surface area contributed by atoms with Crippen LogP contribution in [0, 0.1) is 5.92 Å². The SMILES string of the molecule is CCS(=O)(=O)c1ccc(N2CCC[C@@H](CC(N)=O)C2)cc1. The molecule has 5 nitrogen and oxygen atoms in total. The Bertz CT molecular complexity index is 596. The number of hydrogen-bond donors (Lipinski definition) is 1. The maximum atomic E-state index is 11.8. The highest BCUT2D eigenvalue weighted by Crippen LogP contribution is 2.26. The van der Waals surface area contributed by atoms with Crippen LogP contribution in [0.4, 0.5) is 5.69 Å². The molecule has 1 aromatic rings. The maximum Gasteiger partial charge on any atom is 0.217 e. The molecule has 1 heterocycles. The summed E-state index contributed by atoms with van der Waals surface area (Å²) >= 11 is 0. The molecular formula is C15H22N2O3S. The molecule has 21 heavy (non-hydrogen) atoms. The number of nitrogens with zero attached hydrogens (tertiary/aromatic N) is 1. The molecule has 1 fully saturated rings. The number of nitrogens with two attached hydrogens (primary N) is 1. The highest BCUT2D eigenvalue weighted by molar-refractivity contribution is 7.91. The molecule has 1 amide bonds. The quantitative estimate of drug-likeness (QED) is 0.895. The maximum absolute atomic E-state index is 11.8. The van der Waals surface area contributed by atoms with Gasteiger partial charge in [-0.25, -0.2) is 8.42 Å². The first kappa shape index (κ1) is 15.8. The number of carbonyl (C=O) groups is 1. The minimum atomic E-state index is -3.15. The summed E-state index contributed by atoms with van der Waals surface area (Å²) in [4.78, 5) is 13.6. The van der Waals surface area contributed by atoms with Gasteiger partial charge in [0.2, 0.25) is 5.91 Å². The zero-order valence-corrected chi connectivity index (χ0v) is 13.1. The summed E-state index contributed by atoms with van der Waals surface area (Å²) in [6, 6.07) is 7.00. The number of anilines is 1. The molecule has 6 heteroatoms. The first-order chi connectivity index (χ1) is 9.92. The van der Waals surface area contributed by atoms with E-state index in [1.54, 1.807) is 19.1 Å². The average Bonchev–Trinajstić information content (AvgIpc) is 2.47. The molecular weight excluding hydrogens is 288 g/mol. The number of hydrogen-bond acceptors (Lipinski definition) is 4. The van der Waals surface area contributed by atoms with Crippen molar-refractivity contribution in [1.82, 2.24) is 0 Å². The van der Waals surface area contributed by atoms with Gasteiger partial charge in [-0.3, -0.25) is 4.79 Å². The van der Waals surface area contributed by atoms with Gasteiger partial charge < -0.3 is 10.6 Å². The molecule has 0 saturated carbocycles. The molecule has 1 aliphatic heterocycles. The zero-order valence-electron chi connectivity index (χ0n) is 12.3. The Labute approximate surface area is 126 Å². The van der Waals surface area contributed by atoms with Gasteiger partial charge in [0.15, 0.2) is 9.84 Å². The van der Waals surface area contributed by atoms with Crippen LogP contribution in [0.3, 0.4) is 0 Å². The number of carbonyl (C=O) groups excluding carboxylic acids is 1. The Hall–Kier alpha value is -1.56. The number of primary amides is 1. The molecule has 1 atom stereocenters. The average molecular weight is 310 g/mol. The molecule has 1 aromatic carbocycles. The smallest absolute Gasteiger partial charge is 0.217 e. The van der Waals surface area contributed by atoms with Gasteiger partial charge in [0.1, 0.15) is 0 Å². The second kappa shape index (κ2) is 6.47. The molecule has 0 aromatic heterocycles. The van der Waals surface area contributed by atoms with Crippen molar-refractivity contribution >= 4 is 21.4 Å². The van der Waals surface area contributed by atoms with Gasteiger partial charge in [0.05, 0.1) is 10.6 Å². The fraction of sp³-hybridized carbons (Fsp3) is 0.533. The van der Waals surface area contributed by atoms with Gasteiger partial charge in [-0.05, 0) is 43.0 Å². The summed E-state index contributed by atoms with van der Waals surface area (Å²) in [5, 5.41) is 0. The Balaban J connectivity index is 2.10. The molecule has 0 aliphatic carbocycles. The summed E-state index contributed by atoms with van der Waals surface area (Å²) in [6.45, 7) is 3.36. The number of rotatable bonds is 5. The van der Waals surface area contributed by atoms with Crippen LogP contribution in [0.5, 0.6) is 0 Å². The van der Waals surface area contributed by atoms with Crippen molar-refractivity contribution in [2.75, 3.05) is 23.7 Å². The minimum Gasteiger partial charge on any atom is -0.371 e. The molecule has 0 bridgehead atoms. The van der Waals surface area contributed by atoms with Crippen molar-refractivity contribution in [3.63, 3.8) is 0 Å². The van der Waals surface area contributed by atoms with Gasteiger partial charge >= 0.3 is 0 Å². The van der Waals surface area contributed by atoms with Crippen molar-refractivity contribution in [2.24, 2.45) is 11.7 Å². The van der Waals surface area contributed by atoms with Crippen LogP contribution < -0.4 is 10.6 Å². The lowest BCUT2D eigenvalue weighted by atomic mass is 9.94. The summed E-state index contributed by atoms with van der Waals surface area (Å²) in [7, 11) is -3.15. The molecule has 116 valence electrons. The van der Waals surface area contributed by atoms with E-state index in [-0.39, 0.29) is 17.6 Å². The highest BCUT2D eigenvalue weighted by Gasteiger charge is 2.22. The largest absolute Gasteiger partial charge is 0.371 e. The van der Waals surface area contributed by atoms with E-state index < -0.39 is 9.84 Å². The minimum absolute atomic E-state index is 0.108. The predicted octanol–water partition coefficient (Wildman–Crippen LogP) is 1.57. The second-order valence-electron chi connectivity index (χ2n) is 5.52. The Morgan fingerprint density at radius 3 is 2.57 bits per heavy atom. The van der Waals surface area contributed by atoms with E-state index in [2.05, 4.69) is 4.90 Å². The predicted molar refractivity (Wildman–Crippen MR) is 82.9 cm³/mol. The van der Waals surface area contributed by atoms with E-state index in [9.17, 15) is 13.2 Å². The highest BCUT2D eigenvalue weighted by atomic mass is 32.2. The van der Waals surface area contributed by atoms with Crippen LogP contribution in [0.15, 0.2) is 29.2 Å². The lowest BCUT2D eigenvalue weighted by Gasteiger charge is -2.34. The Kier molecular flexibility index (Phi) is 4.88. The van der Waals surface area contributed by atoms with E-state index in [0.717, 1.165) is 31.6 Å². The van der Waals surface area contributed by atoms with Crippen LogP contribution in [0.25, 0.3) is 0 Å². The summed E-state index contributed by atoms with van der Waals surface area (Å²) in [5.74, 6) is 0.137. The van der Waals surface area contributed by atoms with E-state index >= 15 is 0 Å². The lowest BCUT2D eigenvalue weighted by molar-refractivity contribution is -0.118. The normalized spacial score (nSPS) is 19.5. The van der Waals surface area contributed by atoms with Crippen molar-refractivity contribution in [1.29, 1.82) is 0 Å². The van der Waals surface area contributed by atoms with E-state index in [0.29, 0.717) is 11.3 Å². The fourth-order valence-electron chi connectivity index (χ4n) is 2.78. The first-order valence-corrected chi connectivity index (χ1v) is 8.93. The van der Waals surface area contributed by atoms with Crippen molar-refractivity contribution in [3.8, 4) is 0 Å². The molecule has 2 N–H and O–H groups in total. The summed E-state index contributed by atoms with van der Waals surface area (Å²) < 4.78 is 23.6. The van der Waals surface area contributed by atoms with E-state index in [1.165, 1.54) is 0 Å². The first-order valence-electron chi connectivity index (χ1n) is 7.28. The number of amides is 1. The third-order valence-corrected chi connectivity index (χ3v) is 5.70. The summed E-state index contributed by atoms with van der Waals surface area (Å²) in [5.41, 5.74) is 6.27. The Morgan fingerprint density at radius 2 is 2.00 bits per heavy atom. The van der Waals surface area contributed by atoms with E-state index in [4.69, 9.17) is 5.73 Å². The molecule has 0 spiro atoms. The lowest BCUT2D eigenvalue weighted by Crippen LogP contribution is -2.37. The van der Waals surface area contributed by atoms with Crippen molar-refractivity contribution < 1.29 is 13.2 Å². The van der Waals surface area contributed by atoms with Gasteiger partial charge in [-0.2, -0.15) is 0 Å². The van der Waals surface area contributed by atoms with Gasteiger partial charge in [-0.1, -0.05) is 6.92 Å². The van der Waals surface area contributed by atoms with Crippen LogP contribution in [-0.4, -0.2) is 33.2 Å². The molecule has 1 saturated heterocycles. The molecule has 0 unspecified atom stereocenters. The fourth-order valence-corrected chi connectivity index (χ4v) is 3.67. The van der Waals surface area contributed by atoms with Crippen molar-refractivity contribution in [2.45, 2.75) is 31.1 Å². The molecule has 2 rings (SSSR count). The third kappa shape index (κ3) is 3.97. The van der Waals surface area contributed by atoms with Crippen LogP contribution in [0.2, 0.25) is 0 Å². The van der Waals surface area contributed by atoms with Crippen LogP contribution in [-0.2, 0) is 14.6 Å². The second-order valence-corrected chi connectivity index (χ2v) is 7.80. The molecule has 1 aliphatic rings. The van der Waals surface area contributed by atoms with Crippen LogP contribution in [0.1, 0.15) is 26.2 Å². The molecule has 0 radical (unpaired) electrons. The zero-order chi connectivity index (χ0) is 15.5. The third-order valence-electron chi connectivity index (χ3n) is 3.95. The van der Waals surface area contributed by atoms with Crippen LogP contribution >= 0.6 is 0 Å². The van der Waals surface area contributed by atoms with Gasteiger partial charge in [0, 0.05) is 25.2 Å². The monoisotopic (exact) mass is 310 g/mol. The van der Waals surface area contributed by atoms with Crippen molar-refractivity contribution in [3.05, 3.63) is 24.3 Å². The topological polar surface area (TPSA) is 80.5 Å². The summed E-state index contributed by atoms with van der Waals surface area (Å²) in [6.07, 6.45) is 2.45. The van der Waals surface area contributed by atoms with Gasteiger partial charge in [0.25, 0.3) is 0 Å². The number of sulfone groups is 1. The number of piperidine rings is 1. The number of benzene rings is 1. The van der Waals surface area contributed by atoms with E-state index in [1.807, 2.05) is 12.1 Å². The standard InChI is InChI=1S/C15H22N2O3S/c1-2-21(19,20)14-7-5-13(6-8-14)17-9-3-4-12(11-17)10-15(16)18/h5-8,12H,2-4,9-11H2,1H3,(H2,16,18)/t12-/m0/s1.